The van der Waals surface area contributed by atoms with Crippen LogP contribution in [0.25, 0.3) is 11.4 Å². The van der Waals surface area contributed by atoms with E-state index >= 15 is 0 Å². The molecule has 3 nitrogen and oxygen atoms in total. The molecule has 0 aliphatic carbocycles. The van der Waals surface area contributed by atoms with Crippen LogP contribution in [-0.4, -0.2) is 16.6 Å². The second kappa shape index (κ2) is 5.93. The fraction of sp³-hybridized carbons (Fsp3) is 0.375. The first-order valence-corrected chi connectivity index (χ1v) is 6.64. The van der Waals surface area contributed by atoms with Crippen molar-refractivity contribution in [1.82, 2.24) is 9.97 Å². The Labute approximate surface area is 114 Å². The van der Waals surface area contributed by atoms with Gasteiger partial charge in [-0.05, 0) is 39.3 Å². The Kier molecular flexibility index (Phi) is 4.27. The highest BCUT2D eigenvalue weighted by Gasteiger charge is 2.07. The van der Waals surface area contributed by atoms with Crippen LogP contribution >= 0.6 is 0 Å². The number of hydrogen-bond donors (Lipinski definition) is 0. The summed E-state index contributed by atoms with van der Waals surface area (Å²) in [6, 6.07) is 10.3. The zero-order valence-corrected chi connectivity index (χ0v) is 12.0. The Balaban J connectivity index is 2.27. The Morgan fingerprint density at radius 1 is 1.05 bits per heavy atom. The van der Waals surface area contributed by atoms with Crippen LogP contribution in [0, 0.1) is 13.8 Å². The van der Waals surface area contributed by atoms with Crippen molar-refractivity contribution >= 4 is 0 Å². The molecule has 2 rings (SSSR count). The van der Waals surface area contributed by atoms with Crippen molar-refractivity contribution in [3.8, 4) is 11.4 Å². The molecule has 0 amide bonds. The van der Waals surface area contributed by atoms with E-state index in [-0.39, 0.29) is 6.10 Å². The third-order valence-corrected chi connectivity index (χ3v) is 3.04. The number of hydrogen-bond acceptors (Lipinski definition) is 3. The van der Waals surface area contributed by atoms with Gasteiger partial charge in [0.25, 0.3) is 0 Å². The maximum atomic E-state index is 5.58. The second-order valence-corrected chi connectivity index (χ2v) is 4.69. The van der Waals surface area contributed by atoms with Crippen LogP contribution in [0.15, 0.2) is 30.3 Å². The smallest absolute Gasteiger partial charge is 0.159 e. The van der Waals surface area contributed by atoms with Crippen LogP contribution in [-0.2, 0) is 4.74 Å². The predicted octanol–water partition coefficient (Wildman–Crippen LogP) is 3.86. The Bertz CT molecular complexity index is 529. The SMILES string of the molecule is CCOC(C)c1ccc(-c2nc(C)cc(C)n2)cc1. The zero-order chi connectivity index (χ0) is 13.8. The number of aromatic nitrogens is 2. The molecule has 0 N–H and O–H groups in total. The molecule has 1 unspecified atom stereocenters. The van der Waals surface area contributed by atoms with Gasteiger partial charge in [-0.3, -0.25) is 0 Å². The minimum absolute atomic E-state index is 0.124. The fourth-order valence-electron chi connectivity index (χ4n) is 2.10. The maximum absolute atomic E-state index is 5.58. The van der Waals surface area contributed by atoms with Crippen molar-refractivity contribution in [3.63, 3.8) is 0 Å². The topological polar surface area (TPSA) is 35.0 Å². The van der Waals surface area contributed by atoms with Gasteiger partial charge in [-0.2, -0.15) is 0 Å². The zero-order valence-electron chi connectivity index (χ0n) is 12.0. The van der Waals surface area contributed by atoms with Crippen molar-refractivity contribution in [2.75, 3.05) is 6.61 Å². The summed E-state index contributed by atoms with van der Waals surface area (Å²) in [6.07, 6.45) is 0.124. The molecule has 0 saturated carbocycles. The molecule has 100 valence electrons. The van der Waals surface area contributed by atoms with Gasteiger partial charge in [0.2, 0.25) is 0 Å². The molecule has 0 radical (unpaired) electrons. The molecule has 0 aliphatic rings. The number of aryl methyl sites for hydroxylation is 2. The Morgan fingerprint density at radius 2 is 1.63 bits per heavy atom. The summed E-state index contributed by atoms with van der Waals surface area (Å²) >= 11 is 0. The molecule has 0 saturated heterocycles. The van der Waals surface area contributed by atoms with Gasteiger partial charge < -0.3 is 4.74 Å². The first-order chi connectivity index (χ1) is 9.10. The normalized spacial score (nSPS) is 12.4. The molecule has 0 fully saturated rings. The van der Waals surface area contributed by atoms with Gasteiger partial charge in [0.05, 0.1) is 6.10 Å². The predicted molar refractivity (Wildman–Crippen MR) is 77.0 cm³/mol. The summed E-state index contributed by atoms with van der Waals surface area (Å²) < 4.78 is 5.58. The lowest BCUT2D eigenvalue weighted by molar-refractivity contribution is 0.0764. The van der Waals surface area contributed by atoms with Gasteiger partial charge in [0.1, 0.15) is 0 Å². The lowest BCUT2D eigenvalue weighted by atomic mass is 10.1. The molecule has 1 heterocycles. The monoisotopic (exact) mass is 256 g/mol. The standard InChI is InChI=1S/C16H20N2O/c1-5-19-13(4)14-6-8-15(9-7-14)16-17-11(2)10-12(3)18-16/h6-10,13H,5H2,1-4H3. The van der Waals surface area contributed by atoms with Crippen LogP contribution < -0.4 is 0 Å². The second-order valence-electron chi connectivity index (χ2n) is 4.69. The molecule has 0 bridgehead atoms. The molecule has 1 atom stereocenters. The van der Waals surface area contributed by atoms with E-state index < -0.39 is 0 Å². The van der Waals surface area contributed by atoms with Crippen molar-refractivity contribution in [2.45, 2.75) is 33.8 Å². The summed E-state index contributed by atoms with van der Waals surface area (Å²) in [4.78, 5) is 8.95. The lowest BCUT2D eigenvalue weighted by Crippen LogP contribution is -1.99. The largest absolute Gasteiger partial charge is 0.374 e. The molecule has 3 heteroatoms. The maximum Gasteiger partial charge on any atom is 0.159 e. The summed E-state index contributed by atoms with van der Waals surface area (Å²) in [5.74, 6) is 0.785. The lowest BCUT2D eigenvalue weighted by Gasteiger charge is -2.12. The molecule has 0 spiro atoms. The van der Waals surface area contributed by atoms with Crippen molar-refractivity contribution in [1.29, 1.82) is 0 Å². The molecule has 1 aromatic carbocycles. The van der Waals surface area contributed by atoms with E-state index in [0.717, 1.165) is 29.4 Å². The highest BCUT2D eigenvalue weighted by Crippen LogP contribution is 2.21. The van der Waals surface area contributed by atoms with E-state index in [1.54, 1.807) is 0 Å². The Hall–Kier alpha value is -1.74. The molecular formula is C16H20N2O. The first kappa shape index (κ1) is 13.7. The quantitative estimate of drug-likeness (QED) is 0.833. The van der Waals surface area contributed by atoms with Crippen LogP contribution in [0.4, 0.5) is 0 Å². The summed E-state index contributed by atoms with van der Waals surface area (Å²) in [5.41, 5.74) is 4.21. The molecule has 0 aliphatic heterocycles. The number of benzene rings is 1. The number of rotatable bonds is 4. The van der Waals surface area contributed by atoms with Crippen LogP contribution in [0.1, 0.15) is 36.9 Å². The molecule has 2 aromatic rings. The number of ether oxygens (including phenoxy) is 1. The van der Waals surface area contributed by atoms with Crippen LogP contribution in [0.3, 0.4) is 0 Å². The van der Waals surface area contributed by atoms with Crippen molar-refractivity contribution in [3.05, 3.63) is 47.3 Å². The average molecular weight is 256 g/mol. The molecule has 19 heavy (non-hydrogen) atoms. The number of nitrogens with zero attached hydrogens (tertiary/aromatic N) is 2. The van der Waals surface area contributed by atoms with Gasteiger partial charge >= 0.3 is 0 Å². The summed E-state index contributed by atoms with van der Waals surface area (Å²) in [6.45, 7) is 8.77. The third kappa shape index (κ3) is 3.38. The minimum Gasteiger partial charge on any atom is -0.374 e. The van der Waals surface area contributed by atoms with E-state index in [1.807, 2.05) is 26.8 Å². The van der Waals surface area contributed by atoms with E-state index in [0.29, 0.717) is 0 Å². The van der Waals surface area contributed by atoms with E-state index in [4.69, 9.17) is 4.74 Å². The fourth-order valence-corrected chi connectivity index (χ4v) is 2.10. The van der Waals surface area contributed by atoms with Crippen molar-refractivity contribution in [2.24, 2.45) is 0 Å². The average Bonchev–Trinajstić information content (AvgIpc) is 2.38. The van der Waals surface area contributed by atoms with Gasteiger partial charge in [0, 0.05) is 23.6 Å². The van der Waals surface area contributed by atoms with Gasteiger partial charge in [0.15, 0.2) is 5.82 Å². The highest BCUT2D eigenvalue weighted by atomic mass is 16.5. The van der Waals surface area contributed by atoms with E-state index in [1.165, 1.54) is 5.56 Å². The highest BCUT2D eigenvalue weighted by molar-refractivity contribution is 5.55. The van der Waals surface area contributed by atoms with Crippen molar-refractivity contribution < 1.29 is 4.74 Å². The van der Waals surface area contributed by atoms with Gasteiger partial charge in [-0.15, -0.1) is 0 Å². The van der Waals surface area contributed by atoms with Crippen LogP contribution in [0.2, 0.25) is 0 Å². The summed E-state index contributed by atoms with van der Waals surface area (Å²) in [7, 11) is 0. The first-order valence-electron chi connectivity index (χ1n) is 6.64. The van der Waals surface area contributed by atoms with Gasteiger partial charge in [-0.1, -0.05) is 24.3 Å². The third-order valence-electron chi connectivity index (χ3n) is 3.04. The molecular weight excluding hydrogens is 236 g/mol. The van der Waals surface area contributed by atoms with E-state index in [9.17, 15) is 0 Å². The molecule has 1 aromatic heterocycles. The Morgan fingerprint density at radius 3 is 2.16 bits per heavy atom. The minimum atomic E-state index is 0.124. The summed E-state index contributed by atoms with van der Waals surface area (Å²) in [5, 5.41) is 0. The van der Waals surface area contributed by atoms with E-state index in [2.05, 4.69) is 41.2 Å². The van der Waals surface area contributed by atoms with Crippen LogP contribution in [0.5, 0.6) is 0 Å². The van der Waals surface area contributed by atoms with Gasteiger partial charge in [-0.25, -0.2) is 9.97 Å².